The van der Waals surface area contributed by atoms with Gasteiger partial charge in [0.05, 0.1) is 0 Å². The van der Waals surface area contributed by atoms with Crippen molar-refractivity contribution < 1.29 is 5.11 Å². The van der Waals surface area contributed by atoms with Crippen molar-refractivity contribution in [2.45, 2.75) is 52.4 Å². The van der Waals surface area contributed by atoms with E-state index < -0.39 is 0 Å². The summed E-state index contributed by atoms with van der Waals surface area (Å²) in [5.41, 5.74) is 2.76. The maximum Gasteiger partial charge on any atom is 0.0431 e. The normalized spacial score (nSPS) is 10.7. The Labute approximate surface area is 118 Å². The van der Waals surface area contributed by atoms with Crippen LogP contribution in [0, 0.1) is 0 Å². The molecule has 19 heavy (non-hydrogen) atoms. The number of benzene rings is 1. The van der Waals surface area contributed by atoms with Crippen LogP contribution in [0.25, 0.3) is 0 Å². The molecule has 1 rings (SSSR count). The predicted molar refractivity (Wildman–Crippen MR) is 83.9 cm³/mol. The molecule has 1 aromatic carbocycles. The number of anilines is 1. The van der Waals surface area contributed by atoms with E-state index in [0.717, 1.165) is 32.4 Å². The number of rotatable bonds is 10. The fraction of sp³-hybridized carbons (Fsp3) is 0.647. The summed E-state index contributed by atoms with van der Waals surface area (Å²) in [4.78, 5) is 2.43. The highest BCUT2D eigenvalue weighted by Gasteiger charge is 2.05. The second-order valence-corrected chi connectivity index (χ2v) is 5.19. The first-order valence-electron chi connectivity index (χ1n) is 7.76. The van der Waals surface area contributed by atoms with Gasteiger partial charge in [-0.05, 0) is 49.8 Å². The first-order chi connectivity index (χ1) is 9.31. The monoisotopic (exact) mass is 263 g/mol. The van der Waals surface area contributed by atoms with Gasteiger partial charge in [-0.2, -0.15) is 0 Å². The lowest BCUT2D eigenvalue weighted by Gasteiger charge is -2.24. The van der Waals surface area contributed by atoms with Gasteiger partial charge in [-0.3, -0.25) is 0 Å². The molecule has 2 heteroatoms. The van der Waals surface area contributed by atoms with Crippen molar-refractivity contribution in [2.75, 3.05) is 24.6 Å². The van der Waals surface area contributed by atoms with Gasteiger partial charge in [0.2, 0.25) is 0 Å². The number of aryl methyl sites for hydroxylation is 1. The summed E-state index contributed by atoms with van der Waals surface area (Å²) in [6, 6.07) is 9.03. The standard InChI is InChI=1S/C17H29NO/c1-3-5-8-16-9-11-17(12-10-16)18(13-4-2)14-6-7-15-19/h9-12,19H,3-8,13-15H2,1-2H3. The highest BCUT2D eigenvalue weighted by molar-refractivity contribution is 5.47. The van der Waals surface area contributed by atoms with Crippen molar-refractivity contribution in [3.05, 3.63) is 29.8 Å². The fourth-order valence-electron chi connectivity index (χ4n) is 2.31. The molecule has 1 aromatic rings. The molecule has 0 aromatic heterocycles. The molecule has 1 N–H and O–H groups in total. The molecule has 0 amide bonds. The first-order valence-corrected chi connectivity index (χ1v) is 7.76. The molecule has 0 heterocycles. The minimum atomic E-state index is 0.302. The van der Waals surface area contributed by atoms with Crippen molar-refractivity contribution in [1.82, 2.24) is 0 Å². The van der Waals surface area contributed by atoms with E-state index in [1.165, 1.54) is 30.5 Å². The van der Waals surface area contributed by atoms with Crippen LogP contribution in [0.15, 0.2) is 24.3 Å². The highest BCUT2D eigenvalue weighted by atomic mass is 16.2. The number of hydrogen-bond acceptors (Lipinski definition) is 2. The molecule has 0 saturated heterocycles. The van der Waals surface area contributed by atoms with E-state index in [9.17, 15) is 0 Å². The number of aliphatic hydroxyl groups excluding tert-OH is 1. The maximum atomic E-state index is 8.88. The zero-order valence-corrected chi connectivity index (χ0v) is 12.6. The Bertz CT molecular complexity index is 321. The summed E-state index contributed by atoms with van der Waals surface area (Å²) in [5, 5.41) is 8.88. The zero-order chi connectivity index (χ0) is 13.9. The smallest absolute Gasteiger partial charge is 0.0431 e. The average molecular weight is 263 g/mol. The van der Waals surface area contributed by atoms with E-state index in [2.05, 4.69) is 43.0 Å². The predicted octanol–water partition coefficient (Wildman–Crippen LogP) is 4.02. The van der Waals surface area contributed by atoms with Gasteiger partial charge in [-0.25, -0.2) is 0 Å². The van der Waals surface area contributed by atoms with Crippen LogP contribution in [-0.4, -0.2) is 24.8 Å². The van der Waals surface area contributed by atoms with Gasteiger partial charge in [0, 0.05) is 25.4 Å². The Kier molecular flexibility index (Phi) is 8.31. The largest absolute Gasteiger partial charge is 0.396 e. The van der Waals surface area contributed by atoms with Crippen LogP contribution in [0.4, 0.5) is 5.69 Å². The van der Waals surface area contributed by atoms with Gasteiger partial charge in [0.15, 0.2) is 0 Å². The van der Waals surface area contributed by atoms with Crippen LogP contribution >= 0.6 is 0 Å². The van der Waals surface area contributed by atoms with Crippen molar-refractivity contribution in [2.24, 2.45) is 0 Å². The molecule has 0 bridgehead atoms. The maximum absolute atomic E-state index is 8.88. The van der Waals surface area contributed by atoms with Crippen LogP contribution in [0.3, 0.4) is 0 Å². The van der Waals surface area contributed by atoms with E-state index in [4.69, 9.17) is 5.11 Å². The third-order valence-electron chi connectivity index (χ3n) is 3.45. The molecule has 0 spiro atoms. The van der Waals surface area contributed by atoms with Gasteiger partial charge in [0.1, 0.15) is 0 Å². The van der Waals surface area contributed by atoms with Gasteiger partial charge < -0.3 is 10.0 Å². The number of unbranched alkanes of at least 4 members (excludes halogenated alkanes) is 2. The summed E-state index contributed by atoms with van der Waals surface area (Å²) in [5.74, 6) is 0. The van der Waals surface area contributed by atoms with E-state index in [1.807, 2.05) is 0 Å². The Hall–Kier alpha value is -1.02. The van der Waals surface area contributed by atoms with E-state index in [-0.39, 0.29) is 0 Å². The second kappa shape index (κ2) is 9.85. The molecule has 2 nitrogen and oxygen atoms in total. The second-order valence-electron chi connectivity index (χ2n) is 5.19. The summed E-state index contributed by atoms with van der Waals surface area (Å²) in [6.45, 7) is 6.89. The average Bonchev–Trinajstić information content (AvgIpc) is 2.45. The molecule has 108 valence electrons. The number of hydrogen-bond donors (Lipinski definition) is 1. The zero-order valence-electron chi connectivity index (χ0n) is 12.6. The summed E-state index contributed by atoms with van der Waals surface area (Å²) in [6.07, 6.45) is 6.84. The molecule has 0 saturated carbocycles. The number of aliphatic hydroxyl groups is 1. The van der Waals surface area contributed by atoms with Crippen molar-refractivity contribution in [3.63, 3.8) is 0 Å². The van der Waals surface area contributed by atoms with Crippen molar-refractivity contribution in [3.8, 4) is 0 Å². The highest BCUT2D eigenvalue weighted by Crippen LogP contribution is 2.17. The summed E-state index contributed by atoms with van der Waals surface area (Å²) >= 11 is 0. The molecular formula is C17H29NO. The fourth-order valence-corrected chi connectivity index (χ4v) is 2.31. The Morgan fingerprint density at radius 3 is 2.21 bits per heavy atom. The van der Waals surface area contributed by atoms with Crippen LogP contribution in [-0.2, 0) is 6.42 Å². The topological polar surface area (TPSA) is 23.5 Å². The molecule has 0 aliphatic carbocycles. The summed E-state index contributed by atoms with van der Waals surface area (Å²) in [7, 11) is 0. The third-order valence-corrected chi connectivity index (χ3v) is 3.45. The number of nitrogens with zero attached hydrogens (tertiary/aromatic N) is 1. The molecule has 0 fully saturated rings. The van der Waals surface area contributed by atoms with Gasteiger partial charge in [0.25, 0.3) is 0 Å². The third kappa shape index (κ3) is 6.11. The lowest BCUT2D eigenvalue weighted by atomic mass is 10.1. The van der Waals surface area contributed by atoms with Crippen LogP contribution in [0.5, 0.6) is 0 Å². The quantitative estimate of drug-likeness (QED) is 0.645. The SMILES string of the molecule is CCCCc1ccc(N(CCC)CCCCO)cc1. The lowest BCUT2D eigenvalue weighted by Crippen LogP contribution is -2.25. The van der Waals surface area contributed by atoms with Crippen LogP contribution in [0.2, 0.25) is 0 Å². The molecule has 0 radical (unpaired) electrons. The van der Waals surface area contributed by atoms with Gasteiger partial charge >= 0.3 is 0 Å². The minimum Gasteiger partial charge on any atom is -0.396 e. The molecule has 0 aliphatic heterocycles. The first kappa shape index (κ1) is 16.0. The van der Waals surface area contributed by atoms with E-state index in [1.54, 1.807) is 0 Å². The molecular weight excluding hydrogens is 234 g/mol. The molecule has 0 atom stereocenters. The van der Waals surface area contributed by atoms with E-state index in [0.29, 0.717) is 6.61 Å². The Morgan fingerprint density at radius 2 is 1.63 bits per heavy atom. The van der Waals surface area contributed by atoms with Gasteiger partial charge in [-0.15, -0.1) is 0 Å². The van der Waals surface area contributed by atoms with Crippen molar-refractivity contribution >= 4 is 5.69 Å². The summed E-state index contributed by atoms with van der Waals surface area (Å²) < 4.78 is 0. The van der Waals surface area contributed by atoms with E-state index >= 15 is 0 Å². The lowest BCUT2D eigenvalue weighted by molar-refractivity contribution is 0.285. The van der Waals surface area contributed by atoms with Crippen LogP contribution in [0.1, 0.15) is 51.5 Å². The molecule has 0 unspecified atom stereocenters. The Balaban J connectivity index is 2.57. The Morgan fingerprint density at radius 1 is 0.895 bits per heavy atom. The molecule has 0 aliphatic rings. The van der Waals surface area contributed by atoms with Crippen molar-refractivity contribution in [1.29, 1.82) is 0 Å². The van der Waals surface area contributed by atoms with Crippen LogP contribution < -0.4 is 4.90 Å². The van der Waals surface area contributed by atoms with Gasteiger partial charge in [-0.1, -0.05) is 32.4 Å². The minimum absolute atomic E-state index is 0.302.